The Bertz CT molecular complexity index is 1070. The number of hydrogen-bond donors (Lipinski definition) is 0. The van der Waals surface area contributed by atoms with Gasteiger partial charge in [-0.05, 0) is 37.5 Å². The van der Waals surface area contributed by atoms with E-state index in [-0.39, 0.29) is 34.7 Å². The number of carbonyl (C=O) groups excluding carboxylic acids is 2. The van der Waals surface area contributed by atoms with Gasteiger partial charge in [-0.25, -0.2) is 4.39 Å². The quantitative estimate of drug-likeness (QED) is 0.705. The Morgan fingerprint density at radius 3 is 2.88 bits per heavy atom. The largest absolute Gasteiger partial charge is 0.381 e. The van der Waals surface area contributed by atoms with Crippen LogP contribution in [0.3, 0.4) is 0 Å². The van der Waals surface area contributed by atoms with Crippen molar-refractivity contribution < 1.29 is 18.7 Å². The van der Waals surface area contributed by atoms with E-state index in [4.69, 9.17) is 16.3 Å². The van der Waals surface area contributed by atoms with Crippen molar-refractivity contribution in [3.63, 3.8) is 0 Å². The van der Waals surface area contributed by atoms with E-state index in [9.17, 15) is 14.0 Å². The lowest BCUT2D eigenvalue weighted by atomic mass is 9.79. The van der Waals surface area contributed by atoms with Gasteiger partial charge in [0.2, 0.25) is 11.8 Å². The van der Waals surface area contributed by atoms with Gasteiger partial charge >= 0.3 is 0 Å². The molecule has 2 saturated heterocycles. The normalized spacial score (nSPS) is 22.5. The fourth-order valence-electron chi connectivity index (χ4n) is 5.13. The van der Waals surface area contributed by atoms with Crippen LogP contribution in [0, 0.1) is 11.2 Å². The molecule has 3 aliphatic heterocycles. The molecule has 0 aliphatic carbocycles. The molecule has 32 heavy (non-hydrogen) atoms. The zero-order chi connectivity index (χ0) is 22.5. The molecule has 1 atom stereocenters. The number of anilines is 1. The number of aromatic nitrogens is 2. The Kier molecular flexibility index (Phi) is 5.45. The zero-order valence-corrected chi connectivity index (χ0v) is 18.8. The van der Waals surface area contributed by atoms with Crippen LogP contribution >= 0.6 is 11.6 Å². The SMILES string of the molecule is C[C@H]1Cn2ncc(N3CC4(CCOCC4)CC3=O)c2CN1C(=O)Cc1ccc(F)c(Cl)c1. The van der Waals surface area contributed by atoms with E-state index in [0.29, 0.717) is 44.8 Å². The van der Waals surface area contributed by atoms with E-state index in [1.807, 2.05) is 21.4 Å². The van der Waals surface area contributed by atoms with E-state index in [1.165, 1.54) is 12.1 Å². The van der Waals surface area contributed by atoms with E-state index >= 15 is 0 Å². The van der Waals surface area contributed by atoms with Crippen LogP contribution in [-0.4, -0.2) is 52.3 Å². The summed E-state index contributed by atoms with van der Waals surface area (Å²) in [5.41, 5.74) is 2.33. The minimum Gasteiger partial charge on any atom is -0.381 e. The molecule has 2 fully saturated rings. The smallest absolute Gasteiger partial charge is 0.227 e. The van der Waals surface area contributed by atoms with Gasteiger partial charge < -0.3 is 14.5 Å². The summed E-state index contributed by atoms with van der Waals surface area (Å²) in [6, 6.07) is 4.31. The van der Waals surface area contributed by atoms with Crippen molar-refractivity contribution in [3.8, 4) is 0 Å². The Hall–Kier alpha value is -2.45. The summed E-state index contributed by atoms with van der Waals surface area (Å²) in [6.45, 7) is 4.99. The summed E-state index contributed by atoms with van der Waals surface area (Å²) >= 11 is 5.88. The van der Waals surface area contributed by atoms with E-state index in [0.717, 1.165) is 24.2 Å². The molecule has 3 aliphatic rings. The van der Waals surface area contributed by atoms with Gasteiger partial charge in [0.05, 0.1) is 42.1 Å². The third-order valence-corrected chi connectivity index (χ3v) is 7.33. The molecule has 2 aromatic rings. The fourth-order valence-corrected chi connectivity index (χ4v) is 5.33. The summed E-state index contributed by atoms with van der Waals surface area (Å²) in [6.07, 6.45) is 4.21. The number of rotatable bonds is 3. The highest BCUT2D eigenvalue weighted by atomic mass is 35.5. The first-order valence-corrected chi connectivity index (χ1v) is 11.4. The molecule has 9 heteroatoms. The van der Waals surface area contributed by atoms with Gasteiger partial charge in [0, 0.05) is 37.6 Å². The maximum atomic E-state index is 13.5. The van der Waals surface area contributed by atoms with Gasteiger partial charge in [-0.15, -0.1) is 0 Å². The lowest BCUT2D eigenvalue weighted by Crippen LogP contribution is -2.46. The van der Waals surface area contributed by atoms with Crippen LogP contribution in [0.15, 0.2) is 24.4 Å². The van der Waals surface area contributed by atoms with Crippen LogP contribution in [-0.2, 0) is 33.8 Å². The number of hydrogen-bond acceptors (Lipinski definition) is 4. The van der Waals surface area contributed by atoms with Gasteiger partial charge in [-0.3, -0.25) is 14.3 Å². The summed E-state index contributed by atoms with van der Waals surface area (Å²) in [7, 11) is 0. The molecule has 0 unspecified atom stereocenters. The van der Waals surface area contributed by atoms with Crippen LogP contribution in [0.5, 0.6) is 0 Å². The molecule has 170 valence electrons. The summed E-state index contributed by atoms with van der Waals surface area (Å²) in [5.74, 6) is -0.451. The molecule has 0 saturated carbocycles. The number of ether oxygens (including phenoxy) is 1. The third-order valence-electron chi connectivity index (χ3n) is 7.04. The molecular formula is C23H26ClFN4O3. The van der Waals surface area contributed by atoms with Crippen molar-refractivity contribution in [2.75, 3.05) is 24.7 Å². The van der Waals surface area contributed by atoms with E-state index in [1.54, 1.807) is 12.3 Å². The first-order valence-electron chi connectivity index (χ1n) is 11.0. The summed E-state index contributed by atoms with van der Waals surface area (Å²) in [4.78, 5) is 29.7. The highest BCUT2D eigenvalue weighted by molar-refractivity contribution is 6.30. The van der Waals surface area contributed by atoms with Crippen LogP contribution in [0.4, 0.5) is 10.1 Å². The predicted molar refractivity (Wildman–Crippen MR) is 117 cm³/mol. The highest BCUT2D eigenvalue weighted by Crippen LogP contribution is 2.43. The maximum absolute atomic E-state index is 13.5. The molecule has 0 radical (unpaired) electrons. The maximum Gasteiger partial charge on any atom is 0.227 e. The molecule has 0 bridgehead atoms. The molecule has 7 nitrogen and oxygen atoms in total. The first-order chi connectivity index (χ1) is 15.3. The molecular weight excluding hydrogens is 435 g/mol. The Balaban J connectivity index is 1.35. The van der Waals surface area contributed by atoms with Crippen LogP contribution in [0.1, 0.15) is 37.4 Å². The molecule has 4 heterocycles. The highest BCUT2D eigenvalue weighted by Gasteiger charge is 2.46. The van der Waals surface area contributed by atoms with Crippen LogP contribution in [0.2, 0.25) is 5.02 Å². The lowest BCUT2D eigenvalue weighted by molar-refractivity contribution is -0.134. The molecule has 1 aromatic heterocycles. The average molecular weight is 461 g/mol. The number of fused-ring (bicyclic) bond motifs is 1. The Labute approximate surface area is 191 Å². The van der Waals surface area contributed by atoms with Crippen LogP contribution < -0.4 is 4.90 Å². The number of halogens is 2. The van der Waals surface area contributed by atoms with E-state index < -0.39 is 5.82 Å². The average Bonchev–Trinajstić information content (AvgIpc) is 3.30. The number of amides is 2. The molecule has 1 spiro atoms. The van der Waals surface area contributed by atoms with Crippen molar-refractivity contribution in [1.82, 2.24) is 14.7 Å². The first kappa shape index (κ1) is 21.4. The zero-order valence-electron chi connectivity index (χ0n) is 18.0. The Morgan fingerprint density at radius 2 is 2.12 bits per heavy atom. The van der Waals surface area contributed by atoms with Crippen molar-refractivity contribution in [3.05, 3.63) is 46.5 Å². The molecule has 0 N–H and O–H groups in total. The van der Waals surface area contributed by atoms with Gasteiger partial charge in [0.1, 0.15) is 5.82 Å². The summed E-state index contributed by atoms with van der Waals surface area (Å²) in [5, 5.41) is 4.53. The fraction of sp³-hybridized carbons (Fsp3) is 0.522. The third kappa shape index (κ3) is 3.79. The van der Waals surface area contributed by atoms with Crippen molar-refractivity contribution >= 4 is 29.1 Å². The molecule has 2 amide bonds. The second-order valence-corrected chi connectivity index (χ2v) is 9.63. The van der Waals surface area contributed by atoms with E-state index in [2.05, 4.69) is 5.10 Å². The monoisotopic (exact) mass is 460 g/mol. The molecule has 5 rings (SSSR count). The van der Waals surface area contributed by atoms with Crippen LogP contribution in [0.25, 0.3) is 0 Å². The van der Waals surface area contributed by atoms with Crippen molar-refractivity contribution in [2.24, 2.45) is 5.41 Å². The Morgan fingerprint density at radius 1 is 1.34 bits per heavy atom. The van der Waals surface area contributed by atoms with Crippen molar-refractivity contribution in [1.29, 1.82) is 0 Å². The predicted octanol–water partition coefficient (Wildman–Crippen LogP) is 3.18. The minimum atomic E-state index is -0.500. The summed E-state index contributed by atoms with van der Waals surface area (Å²) < 4.78 is 20.9. The number of carbonyl (C=O) groups is 2. The molecule has 1 aromatic carbocycles. The van der Waals surface area contributed by atoms with Gasteiger partial charge in [0.15, 0.2) is 0 Å². The van der Waals surface area contributed by atoms with Gasteiger partial charge in [0.25, 0.3) is 0 Å². The van der Waals surface area contributed by atoms with Crippen molar-refractivity contribution in [2.45, 2.75) is 51.7 Å². The number of benzene rings is 1. The second kappa shape index (κ2) is 8.15. The lowest BCUT2D eigenvalue weighted by Gasteiger charge is -2.35. The number of nitrogens with zero attached hydrogens (tertiary/aromatic N) is 4. The standard InChI is InChI=1S/C23H26ClFN4O3/c1-15-12-29-20(13-27(15)21(30)9-16-2-3-18(25)17(24)8-16)19(11-26-29)28-14-23(10-22(28)31)4-6-32-7-5-23/h2-3,8,11,15H,4-7,9-10,12-14H2,1H3/t15-/m0/s1. The van der Waals surface area contributed by atoms with Gasteiger partial charge in [-0.1, -0.05) is 17.7 Å². The minimum absolute atomic E-state index is 0.0111. The van der Waals surface area contributed by atoms with Gasteiger partial charge in [-0.2, -0.15) is 5.10 Å². The topological polar surface area (TPSA) is 67.7 Å². The second-order valence-electron chi connectivity index (χ2n) is 9.22.